The molecule has 2 N–H and O–H groups in total. The van der Waals surface area contributed by atoms with Crippen LogP contribution in [0.4, 0.5) is 0 Å². The molecule has 112 valence electrons. The SMILES string of the molecule is CCOCCN(CC)CCC(C)(NC1CC1)C(=O)O. The maximum Gasteiger partial charge on any atom is 0.323 e. The molecule has 0 radical (unpaired) electrons. The van der Waals surface area contributed by atoms with E-state index in [9.17, 15) is 9.90 Å². The standard InChI is InChI=1S/C14H28N2O3/c1-4-16(10-11-19-5-2)9-8-14(3,13(17)18)15-12-6-7-12/h12,15H,4-11H2,1-3H3,(H,17,18). The molecule has 0 spiro atoms. The lowest BCUT2D eigenvalue weighted by molar-refractivity contribution is -0.144. The number of carboxylic acids is 1. The van der Waals surface area contributed by atoms with E-state index in [-0.39, 0.29) is 0 Å². The average Bonchev–Trinajstić information content (AvgIpc) is 3.17. The minimum Gasteiger partial charge on any atom is -0.480 e. The van der Waals surface area contributed by atoms with E-state index in [4.69, 9.17) is 4.74 Å². The minimum atomic E-state index is -0.805. The summed E-state index contributed by atoms with van der Waals surface area (Å²) in [5, 5.41) is 12.7. The molecule has 1 atom stereocenters. The summed E-state index contributed by atoms with van der Waals surface area (Å²) >= 11 is 0. The second-order valence-electron chi connectivity index (χ2n) is 5.44. The van der Waals surface area contributed by atoms with Gasteiger partial charge in [-0.15, -0.1) is 0 Å². The summed E-state index contributed by atoms with van der Waals surface area (Å²) in [6.45, 7) is 9.89. The molecule has 5 nitrogen and oxygen atoms in total. The summed E-state index contributed by atoms with van der Waals surface area (Å²) in [7, 11) is 0. The summed E-state index contributed by atoms with van der Waals surface area (Å²) in [6.07, 6.45) is 2.83. The van der Waals surface area contributed by atoms with Crippen LogP contribution in [-0.2, 0) is 9.53 Å². The zero-order chi connectivity index (χ0) is 14.3. The molecule has 0 aromatic carbocycles. The van der Waals surface area contributed by atoms with Crippen molar-refractivity contribution in [3.63, 3.8) is 0 Å². The lowest BCUT2D eigenvalue weighted by Crippen LogP contribution is -2.52. The molecule has 0 bridgehead atoms. The molecule has 0 heterocycles. The van der Waals surface area contributed by atoms with Crippen molar-refractivity contribution in [2.75, 3.05) is 32.8 Å². The van der Waals surface area contributed by atoms with Gasteiger partial charge in [-0.1, -0.05) is 6.92 Å². The Balaban J connectivity index is 2.37. The average molecular weight is 272 g/mol. The van der Waals surface area contributed by atoms with Crippen LogP contribution in [0.2, 0.25) is 0 Å². The Bertz CT molecular complexity index is 282. The predicted octanol–water partition coefficient (Wildman–Crippen LogP) is 1.33. The van der Waals surface area contributed by atoms with Gasteiger partial charge in [0, 0.05) is 25.7 Å². The third-order valence-corrected chi connectivity index (χ3v) is 3.70. The second-order valence-corrected chi connectivity index (χ2v) is 5.44. The quantitative estimate of drug-likeness (QED) is 0.556. The molecule has 0 aliphatic heterocycles. The molecule has 0 saturated heterocycles. The van der Waals surface area contributed by atoms with Gasteiger partial charge in [-0.25, -0.2) is 0 Å². The maximum atomic E-state index is 11.4. The fourth-order valence-corrected chi connectivity index (χ4v) is 2.07. The van der Waals surface area contributed by atoms with Crippen molar-refractivity contribution in [1.82, 2.24) is 10.2 Å². The van der Waals surface area contributed by atoms with Gasteiger partial charge in [-0.2, -0.15) is 0 Å². The molecule has 1 fully saturated rings. The van der Waals surface area contributed by atoms with E-state index in [1.165, 1.54) is 0 Å². The number of hydrogen-bond donors (Lipinski definition) is 2. The van der Waals surface area contributed by atoms with E-state index in [1.54, 1.807) is 6.92 Å². The lowest BCUT2D eigenvalue weighted by atomic mass is 9.97. The van der Waals surface area contributed by atoms with Crippen molar-refractivity contribution in [3.8, 4) is 0 Å². The van der Waals surface area contributed by atoms with Gasteiger partial charge >= 0.3 is 5.97 Å². The number of nitrogens with zero attached hydrogens (tertiary/aromatic N) is 1. The zero-order valence-corrected chi connectivity index (χ0v) is 12.4. The first kappa shape index (κ1) is 16.4. The third-order valence-electron chi connectivity index (χ3n) is 3.70. The van der Waals surface area contributed by atoms with Crippen LogP contribution in [0.25, 0.3) is 0 Å². The number of nitrogens with one attached hydrogen (secondary N) is 1. The van der Waals surface area contributed by atoms with Crippen molar-refractivity contribution < 1.29 is 14.6 Å². The normalized spacial score (nSPS) is 18.5. The number of likely N-dealkylation sites (N-methyl/N-ethyl adjacent to an activating group) is 1. The molecule has 1 saturated carbocycles. The van der Waals surface area contributed by atoms with Crippen LogP contribution in [0.5, 0.6) is 0 Å². The molecular weight excluding hydrogens is 244 g/mol. The van der Waals surface area contributed by atoms with Gasteiger partial charge in [0.2, 0.25) is 0 Å². The Morgan fingerprint density at radius 3 is 2.58 bits per heavy atom. The minimum absolute atomic E-state index is 0.402. The summed E-state index contributed by atoms with van der Waals surface area (Å²) < 4.78 is 5.35. The van der Waals surface area contributed by atoms with Crippen molar-refractivity contribution in [3.05, 3.63) is 0 Å². The molecular formula is C14H28N2O3. The highest BCUT2D eigenvalue weighted by atomic mass is 16.5. The van der Waals surface area contributed by atoms with Crippen molar-refractivity contribution in [2.24, 2.45) is 0 Å². The molecule has 1 rings (SSSR count). The molecule has 0 amide bonds. The lowest BCUT2D eigenvalue weighted by Gasteiger charge is -2.29. The van der Waals surface area contributed by atoms with E-state index < -0.39 is 11.5 Å². The van der Waals surface area contributed by atoms with Gasteiger partial charge < -0.3 is 14.7 Å². The van der Waals surface area contributed by atoms with E-state index in [0.717, 1.165) is 39.1 Å². The fourth-order valence-electron chi connectivity index (χ4n) is 2.07. The number of ether oxygens (including phenoxy) is 1. The maximum absolute atomic E-state index is 11.4. The van der Waals surface area contributed by atoms with Crippen LogP contribution in [-0.4, -0.2) is 60.4 Å². The van der Waals surface area contributed by atoms with Gasteiger partial charge in [0.25, 0.3) is 0 Å². The van der Waals surface area contributed by atoms with Gasteiger partial charge in [0.1, 0.15) is 5.54 Å². The summed E-state index contributed by atoms with van der Waals surface area (Å²) in [4.78, 5) is 13.7. The Kier molecular flexibility index (Phi) is 6.75. The monoisotopic (exact) mass is 272 g/mol. The predicted molar refractivity (Wildman–Crippen MR) is 75.4 cm³/mol. The van der Waals surface area contributed by atoms with Crippen molar-refractivity contribution in [1.29, 1.82) is 0 Å². The van der Waals surface area contributed by atoms with E-state index in [2.05, 4.69) is 17.1 Å². The Morgan fingerprint density at radius 2 is 2.11 bits per heavy atom. The van der Waals surface area contributed by atoms with E-state index in [0.29, 0.717) is 19.1 Å². The highest BCUT2D eigenvalue weighted by Gasteiger charge is 2.38. The van der Waals surface area contributed by atoms with Gasteiger partial charge in [0.15, 0.2) is 0 Å². The molecule has 1 unspecified atom stereocenters. The zero-order valence-electron chi connectivity index (χ0n) is 12.4. The van der Waals surface area contributed by atoms with E-state index in [1.807, 2.05) is 6.92 Å². The Labute approximate surface area is 116 Å². The summed E-state index contributed by atoms with van der Waals surface area (Å²) in [5.41, 5.74) is -0.805. The largest absolute Gasteiger partial charge is 0.480 e. The highest BCUT2D eigenvalue weighted by Crippen LogP contribution is 2.24. The van der Waals surface area contributed by atoms with Crippen LogP contribution in [0.3, 0.4) is 0 Å². The summed E-state index contributed by atoms with van der Waals surface area (Å²) in [6, 6.07) is 0.402. The topological polar surface area (TPSA) is 61.8 Å². The Morgan fingerprint density at radius 1 is 1.42 bits per heavy atom. The smallest absolute Gasteiger partial charge is 0.323 e. The van der Waals surface area contributed by atoms with Gasteiger partial charge in [-0.05, 0) is 39.7 Å². The molecule has 1 aliphatic rings. The molecule has 1 aliphatic carbocycles. The van der Waals surface area contributed by atoms with Gasteiger partial charge in [-0.3, -0.25) is 10.1 Å². The van der Waals surface area contributed by atoms with Crippen LogP contribution >= 0.6 is 0 Å². The number of carbonyl (C=O) groups is 1. The fraction of sp³-hybridized carbons (Fsp3) is 0.929. The molecule has 19 heavy (non-hydrogen) atoms. The number of hydrogen-bond acceptors (Lipinski definition) is 4. The molecule has 0 aromatic heterocycles. The first-order chi connectivity index (χ1) is 9.01. The number of rotatable bonds is 11. The second kappa shape index (κ2) is 7.82. The Hall–Kier alpha value is -0.650. The number of carboxylic acid groups (broad SMARTS) is 1. The van der Waals surface area contributed by atoms with E-state index >= 15 is 0 Å². The van der Waals surface area contributed by atoms with Gasteiger partial charge in [0.05, 0.1) is 6.61 Å². The summed E-state index contributed by atoms with van der Waals surface area (Å²) in [5.74, 6) is -0.750. The van der Waals surface area contributed by atoms with Crippen LogP contribution in [0.15, 0.2) is 0 Å². The van der Waals surface area contributed by atoms with Crippen LogP contribution in [0, 0.1) is 0 Å². The third kappa shape index (κ3) is 5.89. The first-order valence-electron chi connectivity index (χ1n) is 7.33. The molecule has 5 heteroatoms. The first-order valence-corrected chi connectivity index (χ1v) is 7.33. The van der Waals surface area contributed by atoms with Crippen LogP contribution in [0.1, 0.15) is 40.0 Å². The van der Waals surface area contributed by atoms with Crippen LogP contribution < -0.4 is 5.32 Å². The number of aliphatic carboxylic acids is 1. The molecule has 0 aromatic rings. The highest BCUT2D eigenvalue weighted by molar-refractivity contribution is 5.78. The van der Waals surface area contributed by atoms with Crippen molar-refractivity contribution in [2.45, 2.75) is 51.6 Å². The van der Waals surface area contributed by atoms with Crippen molar-refractivity contribution >= 4 is 5.97 Å².